The maximum atomic E-state index is 6.11. The molecular formula is C15H22ClN. The molecule has 1 aliphatic rings. The lowest BCUT2D eigenvalue weighted by molar-refractivity contribution is 0.155. The summed E-state index contributed by atoms with van der Waals surface area (Å²) in [6.07, 6.45) is 6.56. The Kier molecular flexibility index (Phi) is 4.87. The molecule has 1 nitrogen and oxygen atoms in total. The first-order valence-corrected chi connectivity index (χ1v) is 7.18. The predicted octanol–water partition coefficient (Wildman–Crippen LogP) is 4.67. The van der Waals surface area contributed by atoms with Crippen molar-refractivity contribution in [3.05, 3.63) is 34.9 Å². The van der Waals surface area contributed by atoms with Crippen molar-refractivity contribution in [2.45, 2.75) is 45.1 Å². The Hall–Kier alpha value is -0.530. The van der Waals surface area contributed by atoms with E-state index in [1.54, 1.807) is 0 Å². The number of halogens is 1. The third kappa shape index (κ3) is 3.46. The van der Waals surface area contributed by atoms with Gasteiger partial charge in [0.1, 0.15) is 0 Å². The van der Waals surface area contributed by atoms with Crippen LogP contribution in [0.4, 0.5) is 0 Å². The third-order valence-electron chi connectivity index (χ3n) is 3.63. The van der Waals surface area contributed by atoms with Crippen LogP contribution in [0.5, 0.6) is 0 Å². The van der Waals surface area contributed by atoms with Gasteiger partial charge < -0.3 is 0 Å². The van der Waals surface area contributed by atoms with Crippen LogP contribution >= 0.6 is 11.6 Å². The molecule has 1 atom stereocenters. The average Bonchev–Trinajstić information content (AvgIpc) is 2.37. The van der Waals surface area contributed by atoms with Gasteiger partial charge in [0.05, 0.1) is 0 Å². The molecule has 94 valence electrons. The van der Waals surface area contributed by atoms with Gasteiger partial charge in [0, 0.05) is 11.1 Å². The second kappa shape index (κ2) is 6.42. The molecule has 2 rings (SSSR count). The molecule has 0 radical (unpaired) electrons. The molecule has 2 heteroatoms. The van der Waals surface area contributed by atoms with Crippen molar-refractivity contribution in [2.24, 2.45) is 0 Å². The maximum absolute atomic E-state index is 6.11. The largest absolute Gasteiger partial charge is 0.296 e. The van der Waals surface area contributed by atoms with Gasteiger partial charge >= 0.3 is 0 Å². The van der Waals surface area contributed by atoms with E-state index in [0.717, 1.165) is 5.02 Å². The minimum absolute atomic E-state index is 0.569. The molecular weight excluding hydrogens is 230 g/mol. The Balaban J connectivity index is 2.15. The lowest BCUT2D eigenvalue weighted by Gasteiger charge is -2.35. The molecule has 17 heavy (non-hydrogen) atoms. The minimum Gasteiger partial charge on any atom is -0.296 e. The second-order valence-corrected chi connectivity index (χ2v) is 5.39. The van der Waals surface area contributed by atoms with Crippen molar-refractivity contribution >= 4 is 11.6 Å². The molecule has 0 saturated carbocycles. The summed E-state index contributed by atoms with van der Waals surface area (Å²) in [4.78, 5) is 2.64. The Morgan fingerprint density at radius 1 is 1.24 bits per heavy atom. The smallest absolute Gasteiger partial charge is 0.0409 e. The molecule has 1 heterocycles. The summed E-state index contributed by atoms with van der Waals surface area (Å²) >= 11 is 6.11. The molecule has 0 spiro atoms. The van der Waals surface area contributed by atoms with Crippen LogP contribution in [-0.2, 0) is 0 Å². The van der Waals surface area contributed by atoms with Crippen LogP contribution in [0.2, 0.25) is 5.02 Å². The van der Waals surface area contributed by atoms with Gasteiger partial charge in [-0.05, 0) is 50.0 Å². The molecule has 1 fully saturated rings. The lowest BCUT2D eigenvalue weighted by atomic mass is 9.98. The van der Waals surface area contributed by atoms with Gasteiger partial charge in [-0.3, -0.25) is 4.90 Å². The minimum atomic E-state index is 0.569. The summed E-state index contributed by atoms with van der Waals surface area (Å²) in [6.45, 7) is 4.76. The number of hydrogen-bond donors (Lipinski definition) is 0. The van der Waals surface area contributed by atoms with E-state index < -0.39 is 0 Å². The number of benzene rings is 1. The Labute approximate surface area is 110 Å². The van der Waals surface area contributed by atoms with Crippen molar-refractivity contribution < 1.29 is 0 Å². The van der Waals surface area contributed by atoms with Crippen molar-refractivity contribution in [3.8, 4) is 0 Å². The summed E-state index contributed by atoms with van der Waals surface area (Å²) in [5.41, 5.74) is 1.39. The van der Waals surface area contributed by atoms with Crippen molar-refractivity contribution in [2.75, 3.05) is 13.1 Å². The first-order chi connectivity index (χ1) is 8.31. The van der Waals surface area contributed by atoms with E-state index in [4.69, 9.17) is 11.6 Å². The highest BCUT2D eigenvalue weighted by molar-refractivity contribution is 6.30. The Morgan fingerprint density at radius 2 is 2.00 bits per heavy atom. The highest BCUT2D eigenvalue weighted by Gasteiger charge is 2.21. The Morgan fingerprint density at radius 3 is 2.65 bits per heavy atom. The molecule has 0 unspecified atom stereocenters. The number of nitrogens with zero attached hydrogens (tertiary/aromatic N) is 1. The highest BCUT2D eigenvalue weighted by atomic mass is 35.5. The number of piperidine rings is 1. The van der Waals surface area contributed by atoms with E-state index >= 15 is 0 Å². The standard InChI is InChI=1S/C15H22ClN/c1-2-7-15(17-10-4-3-5-11-17)13-8-6-9-14(16)12-13/h6,8-9,12,15H,2-5,7,10-11H2,1H3/t15-/m0/s1. The summed E-state index contributed by atoms with van der Waals surface area (Å²) in [5, 5.41) is 0.862. The zero-order valence-corrected chi connectivity index (χ0v) is 11.4. The van der Waals surface area contributed by atoms with Gasteiger partial charge in [0.15, 0.2) is 0 Å². The first kappa shape index (κ1) is 12.9. The average molecular weight is 252 g/mol. The van der Waals surface area contributed by atoms with E-state index in [1.165, 1.54) is 50.8 Å². The normalized spacial score (nSPS) is 19.2. The van der Waals surface area contributed by atoms with Gasteiger partial charge in [0.2, 0.25) is 0 Å². The van der Waals surface area contributed by atoms with Crippen molar-refractivity contribution in [1.29, 1.82) is 0 Å². The van der Waals surface area contributed by atoms with Crippen molar-refractivity contribution in [3.63, 3.8) is 0 Å². The van der Waals surface area contributed by atoms with Crippen LogP contribution in [0.15, 0.2) is 24.3 Å². The third-order valence-corrected chi connectivity index (χ3v) is 3.86. The van der Waals surface area contributed by atoms with Crippen LogP contribution in [0.3, 0.4) is 0 Å². The summed E-state index contributed by atoms with van der Waals surface area (Å²) < 4.78 is 0. The number of hydrogen-bond acceptors (Lipinski definition) is 1. The van der Waals surface area contributed by atoms with Crippen LogP contribution in [-0.4, -0.2) is 18.0 Å². The van der Waals surface area contributed by atoms with E-state index in [9.17, 15) is 0 Å². The highest BCUT2D eigenvalue weighted by Crippen LogP contribution is 2.29. The maximum Gasteiger partial charge on any atom is 0.0409 e. The molecule has 1 aliphatic heterocycles. The van der Waals surface area contributed by atoms with E-state index in [1.807, 2.05) is 6.07 Å². The summed E-state index contributed by atoms with van der Waals surface area (Å²) in [6, 6.07) is 8.96. The molecule has 0 aliphatic carbocycles. The summed E-state index contributed by atoms with van der Waals surface area (Å²) in [5.74, 6) is 0. The fourth-order valence-corrected chi connectivity index (χ4v) is 2.98. The van der Waals surface area contributed by atoms with E-state index in [2.05, 4.69) is 30.0 Å². The molecule has 1 saturated heterocycles. The van der Waals surface area contributed by atoms with Crippen LogP contribution in [0.1, 0.15) is 50.6 Å². The second-order valence-electron chi connectivity index (χ2n) is 4.96. The molecule has 0 bridgehead atoms. The van der Waals surface area contributed by atoms with Crippen LogP contribution < -0.4 is 0 Å². The number of rotatable bonds is 4. The molecule has 0 N–H and O–H groups in total. The fourth-order valence-electron chi connectivity index (χ4n) is 2.78. The molecule has 0 amide bonds. The van der Waals surface area contributed by atoms with Gasteiger partial charge in [-0.25, -0.2) is 0 Å². The molecule has 0 aromatic heterocycles. The summed E-state index contributed by atoms with van der Waals surface area (Å²) in [7, 11) is 0. The molecule has 1 aromatic rings. The van der Waals surface area contributed by atoms with Gasteiger partial charge in [-0.15, -0.1) is 0 Å². The first-order valence-electron chi connectivity index (χ1n) is 6.81. The fraction of sp³-hybridized carbons (Fsp3) is 0.600. The zero-order valence-electron chi connectivity index (χ0n) is 10.7. The zero-order chi connectivity index (χ0) is 12.1. The van der Waals surface area contributed by atoms with Crippen LogP contribution in [0.25, 0.3) is 0 Å². The van der Waals surface area contributed by atoms with E-state index in [0.29, 0.717) is 6.04 Å². The van der Waals surface area contributed by atoms with Gasteiger partial charge in [-0.1, -0.05) is 43.5 Å². The van der Waals surface area contributed by atoms with Gasteiger partial charge in [-0.2, -0.15) is 0 Å². The number of likely N-dealkylation sites (tertiary alicyclic amines) is 1. The lowest BCUT2D eigenvalue weighted by Crippen LogP contribution is -2.33. The molecule has 1 aromatic carbocycles. The SMILES string of the molecule is CCC[C@@H](c1cccc(Cl)c1)N1CCCCC1. The van der Waals surface area contributed by atoms with E-state index in [-0.39, 0.29) is 0 Å². The predicted molar refractivity (Wildman–Crippen MR) is 74.5 cm³/mol. The topological polar surface area (TPSA) is 3.24 Å². The van der Waals surface area contributed by atoms with Gasteiger partial charge in [0.25, 0.3) is 0 Å². The van der Waals surface area contributed by atoms with Crippen LogP contribution in [0, 0.1) is 0 Å². The monoisotopic (exact) mass is 251 g/mol. The Bertz CT molecular complexity index is 345. The van der Waals surface area contributed by atoms with Crippen molar-refractivity contribution in [1.82, 2.24) is 4.90 Å². The quantitative estimate of drug-likeness (QED) is 0.752.